The van der Waals surface area contributed by atoms with Crippen LogP contribution < -0.4 is 15.2 Å². The molecule has 0 aliphatic carbocycles. The summed E-state index contributed by atoms with van der Waals surface area (Å²) in [6.07, 6.45) is 0. The Kier molecular flexibility index (Phi) is 7.06. The van der Waals surface area contributed by atoms with Gasteiger partial charge in [0.05, 0.1) is 5.56 Å². The summed E-state index contributed by atoms with van der Waals surface area (Å²) in [5, 5.41) is 0. The Hall–Kier alpha value is -4.06. The molecule has 3 aromatic rings. The van der Waals surface area contributed by atoms with Crippen LogP contribution in [0.4, 0.5) is 5.69 Å². The van der Waals surface area contributed by atoms with E-state index in [1.54, 1.807) is 43.3 Å². The van der Waals surface area contributed by atoms with Gasteiger partial charge in [0.1, 0.15) is 24.7 Å². The van der Waals surface area contributed by atoms with Crippen molar-refractivity contribution in [2.45, 2.75) is 6.92 Å². The second-order valence-electron chi connectivity index (χ2n) is 6.82. The fourth-order valence-corrected chi connectivity index (χ4v) is 2.66. The number of hydrogen-bond acceptors (Lipinski definition) is 6. The summed E-state index contributed by atoms with van der Waals surface area (Å²) in [7, 11) is 0. The smallest absolute Gasteiger partial charge is 0.343 e. The predicted octanol–water partition coefficient (Wildman–Crippen LogP) is 4.65. The summed E-state index contributed by atoms with van der Waals surface area (Å²) in [6, 6.07) is 21.3. The van der Waals surface area contributed by atoms with Crippen molar-refractivity contribution >= 4 is 17.6 Å². The molecule has 0 radical (unpaired) electrons. The predicted molar refractivity (Wildman–Crippen MR) is 119 cm³/mol. The van der Waals surface area contributed by atoms with Crippen molar-refractivity contribution in [2.75, 3.05) is 18.9 Å². The summed E-state index contributed by atoms with van der Waals surface area (Å²) in [4.78, 5) is 23.7. The van der Waals surface area contributed by atoms with Crippen molar-refractivity contribution in [1.29, 1.82) is 0 Å². The van der Waals surface area contributed by atoms with Crippen molar-refractivity contribution in [3.8, 4) is 22.6 Å². The fourth-order valence-electron chi connectivity index (χ4n) is 2.66. The number of carbonyl (C=O) groups is 2. The molecule has 158 valence electrons. The van der Waals surface area contributed by atoms with Crippen LogP contribution in [0.1, 0.15) is 17.3 Å². The Morgan fingerprint density at radius 2 is 1.35 bits per heavy atom. The van der Waals surface area contributed by atoms with Crippen LogP contribution >= 0.6 is 0 Å². The van der Waals surface area contributed by atoms with E-state index in [9.17, 15) is 9.59 Å². The van der Waals surface area contributed by atoms with Gasteiger partial charge in [0.2, 0.25) is 0 Å². The van der Waals surface area contributed by atoms with Crippen LogP contribution in [0.2, 0.25) is 0 Å². The number of rotatable bonds is 8. The van der Waals surface area contributed by atoms with Crippen molar-refractivity contribution in [1.82, 2.24) is 0 Å². The molecule has 2 N–H and O–H groups in total. The molecule has 0 fully saturated rings. The Labute approximate surface area is 180 Å². The lowest BCUT2D eigenvalue weighted by molar-refractivity contribution is -0.139. The topological polar surface area (TPSA) is 87.8 Å². The third kappa shape index (κ3) is 6.21. The normalized spacial score (nSPS) is 10.2. The van der Waals surface area contributed by atoms with Gasteiger partial charge >= 0.3 is 11.9 Å². The fraction of sp³-hybridized carbons (Fsp3) is 0.120. The third-order valence-corrected chi connectivity index (χ3v) is 4.33. The Morgan fingerprint density at radius 1 is 0.806 bits per heavy atom. The molecule has 0 amide bonds. The quantitative estimate of drug-likeness (QED) is 0.189. The molecule has 0 aliphatic rings. The highest BCUT2D eigenvalue weighted by Gasteiger charge is 2.09. The van der Waals surface area contributed by atoms with E-state index >= 15 is 0 Å². The summed E-state index contributed by atoms with van der Waals surface area (Å²) < 4.78 is 15.9. The molecule has 6 nitrogen and oxygen atoms in total. The maximum Gasteiger partial charge on any atom is 0.343 e. The Bertz CT molecular complexity index is 1050. The summed E-state index contributed by atoms with van der Waals surface area (Å²) >= 11 is 0. The van der Waals surface area contributed by atoms with E-state index in [2.05, 4.69) is 6.58 Å². The lowest BCUT2D eigenvalue weighted by Gasteiger charge is -2.09. The van der Waals surface area contributed by atoms with E-state index in [0.717, 1.165) is 11.1 Å². The van der Waals surface area contributed by atoms with Gasteiger partial charge in [0, 0.05) is 11.3 Å². The van der Waals surface area contributed by atoms with Crippen LogP contribution in [0.15, 0.2) is 84.9 Å². The first-order valence-corrected chi connectivity index (χ1v) is 9.66. The van der Waals surface area contributed by atoms with E-state index in [1.165, 1.54) is 0 Å². The van der Waals surface area contributed by atoms with E-state index in [4.69, 9.17) is 19.9 Å². The zero-order chi connectivity index (χ0) is 22.2. The Morgan fingerprint density at radius 3 is 1.94 bits per heavy atom. The molecule has 0 saturated heterocycles. The molecule has 0 saturated carbocycles. The van der Waals surface area contributed by atoms with Crippen LogP contribution in [-0.4, -0.2) is 25.2 Å². The zero-order valence-electron chi connectivity index (χ0n) is 17.2. The maximum atomic E-state index is 12.4. The van der Waals surface area contributed by atoms with Crippen molar-refractivity contribution in [2.24, 2.45) is 0 Å². The summed E-state index contributed by atoms with van der Waals surface area (Å²) in [5.41, 5.74) is 9.17. The minimum absolute atomic E-state index is 0.113. The highest BCUT2D eigenvalue weighted by atomic mass is 16.6. The van der Waals surface area contributed by atoms with Gasteiger partial charge in [-0.1, -0.05) is 30.8 Å². The average molecular weight is 417 g/mol. The number of benzene rings is 3. The van der Waals surface area contributed by atoms with Crippen molar-refractivity contribution < 1.29 is 23.8 Å². The van der Waals surface area contributed by atoms with Gasteiger partial charge in [0.15, 0.2) is 0 Å². The van der Waals surface area contributed by atoms with Gasteiger partial charge in [-0.25, -0.2) is 9.59 Å². The number of hydrogen-bond donors (Lipinski definition) is 1. The lowest BCUT2D eigenvalue weighted by Crippen LogP contribution is -2.12. The van der Waals surface area contributed by atoms with Crippen LogP contribution in [0, 0.1) is 0 Å². The van der Waals surface area contributed by atoms with E-state index in [-0.39, 0.29) is 13.2 Å². The maximum absolute atomic E-state index is 12.4. The number of nitrogen functional groups attached to an aromatic ring is 1. The molecule has 0 bridgehead atoms. The van der Waals surface area contributed by atoms with E-state index in [0.29, 0.717) is 28.3 Å². The van der Waals surface area contributed by atoms with E-state index in [1.807, 2.05) is 36.4 Å². The molecule has 3 aromatic carbocycles. The summed E-state index contributed by atoms with van der Waals surface area (Å²) in [5.74, 6) is 0.0741. The molecular formula is C25H23NO5. The number of anilines is 1. The molecule has 0 heterocycles. The molecular weight excluding hydrogens is 394 g/mol. The Balaban J connectivity index is 1.51. The van der Waals surface area contributed by atoms with Crippen LogP contribution in [0.5, 0.6) is 11.5 Å². The van der Waals surface area contributed by atoms with Gasteiger partial charge < -0.3 is 19.9 Å². The van der Waals surface area contributed by atoms with Gasteiger partial charge in [-0.2, -0.15) is 0 Å². The van der Waals surface area contributed by atoms with Crippen LogP contribution in [-0.2, 0) is 9.53 Å². The van der Waals surface area contributed by atoms with Gasteiger partial charge in [-0.05, 0) is 66.6 Å². The van der Waals surface area contributed by atoms with Gasteiger partial charge in [-0.3, -0.25) is 0 Å². The SMILES string of the molecule is C=C(C)C(=O)OCCOc1ccc(C(=O)Oc2ccc(-c3ccc(N)cc3)cc2)cc1. The second-order valence-corrected chi connectivity index (χ2v) is 6.82. The molecule has 0 aromatic heterocycles. The first-order valence-electron chi connectivity index (χ1n) is 9.66. The molecule has 6 heteroatoms. The minimum atomic E-state index is -0.470. The number of carbonyl (C=O) groups excluding carboxylic acids is 2. The first kappa shape index (κ1) is 21.6. The summed E-state index contributed by atoms with van der Waals surface area (Å²) in [6.45, 7) is 5.39. The van der Waals surface area contributed by atoms with Crippen LogP contribution in [0.25, 0.3) is 11.1 Å². The molecule has 0 spiro atoms. The van der Waals surface area contributed by atoms with Crippen molar-refractivity contribution in [3.05, 3.63) is 90.5 Å². The van der Waals surface area contributed by atoms with Gasteiger partial charge in [-0.15, -0.1) is 0 Å². The molecule has 0 atom stereocenters. The standard InChI is InChI=1S/C25H23NO5/c1-17(2)24(27)30-16-15-29-22-11-7-20(8-12-22)25(28)31-23-13-5-19(6-14-23)18-3-9-21(26)10-4-18/h3-14H,1,15-16,26H2,2H3. The number of esters is 2. The number of ether oxygens (including phenoxy) is 3. The number of nitrogens with two attached hydrogens (primary N) is 1. The molecule has 0 unspecified atom stereocenters. The largest absolute Gasteiger partial charge is 0.490 e. The zero-order valence-corrected chi connectivity index (χ0v) is 17.2. The highest BCUT2D eigenvalue weighted by molar-refractivity contribution is 5.91. The molecule has 0 aliphatic heterocycles. The monoisotopic (exact) mass is 417 g/mol. The molecule has 31 heavy (non-hydrogen) atoms. The van der Waals surface area contributed by atoms with Gasteiger partial charge in [0.25, 0.3) is 0 Å². The first-order chi connectivity index (χ1) is 14.9. The minimum Gasteiger partial charge on any atom is -0.490 e. The lowest BCUT2D eigenvalue weighted by atomic mass is 10.1. The second kappa shape index (κ2) is 10.1. The molecule has 3 rings (SSSR count). The van der Waals surface area contributed by atoms with E-state index < -0.39 is 11.9 Å². The third-order valence-electron chi connectivity index (χ3n) is 4.33. The average Bonchev–Trinajstić information content (AvgIpc) is 2.78. The van der Waals surface area contributed by atoms with Crippen molar-refractivity contribution in [3.63, 3.8) is 0 Å². The highest BCUT2D eigenvalue weighted by Crippen LogP contribution is 2.24. The van der Waals surface area contributed by atoms with Crippen LogP contribution in [0.3, 0.4) is 0 Å².